The van der Waals surface area contributed by atoms with Crippen LogP contribution < -0.4 is 10.1 Å². The predicted octanol–water partition coefficient (Wildman–Crippen LogP) is 3.29. The van der Waals surface area contributed by atoms with Gasteiger partial charge in [-0.3, -0.25) is 9.59 Å². The van der Waals surface area contributed by atoms with Crippen molar-refractivity contribution in [1.29, 1.82) is 0 Å². The van der Waals surface area contributed by atoms with Crippen LogP contribution in [0, 0.1) is 5.92 Å². The molecule has 3 rings (SSSR count). The minimum absolute atomic E-state index is 0.0224. The molecule has 1 fully saturated rings. The van der Waals surface area contributed by atoms with Gasteiger partial charge in [-0.25, -0.2) is 12.7 Å². The summed E-state index contributed by atoms with van der Waals surface area (Å²) in [6, 6.07) is 3.09. The molecule has 1 aromatic carbocycles. The quantitative estimate of drug-likeness (QED) is 0.660. The SMILES string of the molecule is COc1cc(Cl)c(Cl)cc1CC1CNC(=O)CN(S(=O)(=O)C2(C)C=CC(Cl)=CC2)C1=O. The lowest BCUT2D eigenvalue weighted by Gasteiger charge is -2.33. The van der Waals surface area contributed by atoms with Crippen LogP contribution in [0.25, 0.3) is 0 Å². The molecule has 1 aliphatic heterocycles. The molecule has 2 atom stereocenters. The van der Waals surface area contributed by atoms with Gasteiger partial charge < -0.3 is 10.1 Å². The lowest BCUT2D eigenvalue weighted by Crippen LogP contribution is -2.51. The van der Waals surface area contributed by atoms with Gasteiger partial charge in [0.2, 0.25) is 21.8 Å². The Morgan fingerprint density at radius 2 is 1.90 bits per heavy atom. The molecule has 11 heteroatoms. The molecule has 0 saturated carbocycles. The number of nitrogens with zero attached hydrogens (tertiary/aromatic N) is 1. The first-order valence-corrected chi connectivity index (χ1v) is 12.0. The standard InChI is InChI=1S/C20H21Cl3N2O5S/c1-20(5-3-14(21)4-6-20)31(28,29)25-11-18(26)24-10-13(19(25)27)7-12-8-15(22)16(23)9-17(12)30-2/h3-5,8-9,13H,6-7,10-11H2,1-2H3,(H,24,26). The number of nitrogens with one attached hydrogen (secondary N) is 1. The van der Waals surface area contributed by atoms with E-state index in [9.17, 15) is 18.0 Å². The minimum Gasteiger partial charge on any atom is -0.496 e. The van der Waals surface area contributed by atoms with Crippen LogP contribution in [0.2, 0.25) is 10.0 Å². The highest BCUT2D eigenvalue weighted by Gasteiger charge is 2.47. The van der Waals surface area contributed by atoms with Crippen molar-refractivity contribution in [3.63, 3.8) is 0 Å². The molecule has 1 heterocycles. The molecule has 1 N–H and O–H groups in total. The fraction of sp³-hybridized carbons (Fsp3) is 0.400. The third kappa shape index (κ3) is 4.72. The molecule has 2 unspecified atom stereocenters. The highest BCUT2D eigenvalue weighted by Crippen LogP contribution is 2.35. The van der Waals surface area contributed by atoms with Gasteiger partial charge in [0.15, 0.2) is 0 Å². The summed E-state index contributed by atoms with van der Waals surface area (Å²) in [5, 5.41) is 3.59. The summed E-state index contributed by atoms with van der Waals surface area (Å²) in [7, 11) is -2.76. The Bertz CT molecular complexity index is 1090. The summed E-state index contributed by atoms with van der Waals surface area (Å²) in [4.78, 5) is 25.6. The van der Waals surface area contributed by atoms with E-state index in [-0.39, 0.29) is 29.4 Å². The Hall–Kier alpha value is -1.74. The van der Waals surface area contributed by atoms with Gasteiger partial charge in [-0.1, -0.05) is 47.0 Å². The van der Waals surface area contributed by atoms with Crippen molar-refractivity contribution in [2.24, 2.45) is 5.92 Å². The molecule has 2 amide bonds. The summed E-state index contributed by atoms with van der Waals surface area (Å²) >= 11 is 18.1. The second-order valence-electron chi connectivity index (χ2n) is 7.57. The topological polar surface area (TPSA) is 92.8 Å². The fourth-order valence-corrected chi connectivity index (χ4v) is 5.67. The first-order valence-electron chi connectivity index (χ1n) is 9.38. The number of allylic oxidation sites excluding steroid dienone is 3. The Balaban J connectivity index is 1.95. The van der Waals surface area contributed by atoms with Crippen LogP contribution in [0.4, 0.5) is 0 Å². The summed E-state index contributed by atoms with van der Waals surface area (Å²) in [6.45, 7) is 0.883. The Morgan fingerprint density at radius 1 is 1.23 bits per heavy atom. The summed E-state index contributed by atoms with van der Waals surface area (Å²) in [6.07, 6.45) is 4.67. The molecule has 0 spiro atoms. The van der Waals surface area contributed by atoms with Crippen LogP contribution in [0.15, 0.2) is 35.4 Å². The van der Waals surface area contributed by atoms with E-state index in [1.165, 1.54) is 32.3 Å². The monoisotopic (exact) mass is 506 g/mol. The van der Waals surface area contributed by atoms with Gasteiger partial charge in [0.05, 0.1) is 23.1 Å². The van der Waals surface area contributed by atoms with Crippen LogP contribution in [0.3, 0.4) is 0 Å². The van der Waals surface area contributed by atoms with Crippen LogP contribution in [-0.2, 0) is 26.0 Å². The Kier molecular flexibility index (Phi) is 6.96. The second kappa shape index (κ2) is 9.02. The maximum Gasteiger partial charge on any atom is 0.247 e. The van der Waals surface area contributed by atoms with Crippen LogP contribution in [0.1, 0.15) is 18.9 Å². The molecule has 7 nitrogen and oxygen atoms in total. The third-order valence-electron chi connectivity index (χ3n) is 5.39. The largest absolute Gasteiger partial charge is 0.496 e. The molecular formula is C20H21Cl3N2O5S. The molecule has 0 bridgehead atoms. The molecule has 1 saturated heterocycles. The van der Waals surface area contributed by atoms with E-state index in [1.54, 1.807) is 12.1 Å². The van der Waals surface area contributed by atoms with Gasteiger partial charge in [0, 0.05) is 17.6 Å². The van der Waals surface area contributed by atoms with Crippen molar-refractivity contribution in [3.8, 4) is 5.75 Å². The van der Waals surface area contributed by atoms with Gasteiger partial charge in [0.25, 0.3) is 0 Å². The minimum atomic E-state index is -4.21. The van der Waals surface area contributed by atoms with E-state index in [1.807, 2.05) is 0 Å². The van der Waals surface area contributed by atoms with E-state index >= 15 is 0 Å². The molecule has 0 aromatic heterocycles. The first kappa shape index (κ1) is 23.9. The zero-order valence-corrected chi connectivity index (χ0v) is 19.9. The van der Waals surface area contributed by atoms with Crippen molar-refractivity contribution in [1.82, 2.24) is 9.62 Å². The summed E-state index contributed by atoms with van der Waals surface area (Å²) in [5.74, 6) is -1.67. The number of hydrogen-bond acceptors (Lipinski definition) is 5. The van der Waals surface area contributed by atoms with Crippen molar-refractivity contribution < 1.29 is 22.7 Å². The lowest BCUT2D eigenvalue weighted by molar-refractivity contribution is -0.131. The van der Waals surface area contributed by atoms with Gasteiger partial charge in [-0.05, 0) is 37.5 Å². The molecule has 1 aliphatic carbocycles. The Labute approximate surface area is 196 Å². The van der Waals surface area contributed by atoms with Crippen molar-refractivity contribution in [2.45, 2.75) is 24.5 Å². The van der Waals surface area contributed by atoms with E-state index in [0.717, 1.165) is 0 Å². The Morgan fingerprint density at radius 3 is 2.52 bits per heavy atom. The molecule has 31 heavy (non-hydrogen) atoms. The molecule has 2 aliphatic rings. The number of sulfonamides is 1. The highest BCUT2D eigenvalue weighted by molar-refractivity contribution is 7.91. The number of carbonyl (C=O) groups is 2. The number of halogens is 3. The second-order valence-corrected chi connectivity index (χ2v) is 11.1. The number of hydrogen-bond donors (Lipinski definition) is 1. The van der Waals surface area contributed by atoms with Gasteiger partial charge in [-0.15, -0.1) is 0 Å². The van der Waals surface area contributed by atoms with Gasteiger partial charge >= 0.3 is 0 Å². The maximum absolute atomic E-state index is 13.4. The summed E-state index contributed by atoms with van der Waals surface area (Å²) < 4.78 is 31.5. The summed E-state index contributed by atoms with van der Waals surface area (Å²) in [5.41, 5.74) is 0.572. The average molecular weight is 508 g/mol. The fourth-order valence-electron chi connectivity index (χ4n) is 3.48. The molecule has 168 valence electrons. The number of methoxy groups -OCH3 is 1. The zero-order valence-electron chi connectivity index (χ0n) is 16.8. The zero-order chi connectivity index (χ0) is 23.0. The van der Waals surface area contributed by atoms with E-state index in [0.29, 0.717) is 20.7 Å². The van der Waals surface area contributed by atoms with E-state index < -0.39 is 39.0 Å². The van der Waals surface area contributed by atoms with Crippen LogP contribution >= 0.6 is 34.8 Å². The highest BCUT2D eigenvalue weighted by atomic mass is 35.5. The number of benzene rings is 1. The molecule has 1 aromatic rings. The average Bonchev–Trinajstić information content (AvgIpc) is 2.86. The molecule has 0 radical (unpaired) electrons. The van der Waals surface area contributed by atoms with E-state index in [2.05, 4.69) is 5.32 Å². The van der Waals surface area contributed by atoms with Gasteiger partial charge in [0.1, 0.15) is 17.0 Å². The number of rotatable bonds is 5. The normalized spacial score (nSPS) is 24.5. The number of amides is 2. The maximum atomic E-state index is 13.4. The smallest absolute Gasteiger partial charge is 0.247 e. The van der Waals surface area contributed by atoms with E-state index in [4.69, 9.17) is 39.5 Å². The first-order chi connectivity index (χ1) is 14.5. The number of carbonyl (C=O) groups excluding carboxylic acids is 2. The van der Waals surface area contributed by atoms with Gasteiger partial charge in [-0.2, -0.15) is 0 Å². The van der Waals surface area contributed by atoms with Crippen LogP contribution in [-0.4, -0.2) is 49.5 Å². The predicted molar refractivity (Wildman–Crippen MR) is 120 cm³/mol. The molecular weight excluding hydrogens is 487 g/mol. The van der Waals surface area contributed by atoms with Crippen LogP contribution in [0.5, 0.6) is 5.75 Å². The third-order valence-corrected chi connectivity index (χ3v) is 8.77. The lowest BCUT2D eigenvalue weighted by atomic mass is 9.98. The van der Waals surface area contributed by atoms with Crippen molar-refractivity contribution in [2.75, 3.05) is 20.2 Å². The van der Waals surface area contributed by atoms with Crippen molar-refractivity contribution >= 4 is 56.6 Å². The number of ether oxygens (including phenoxy) is 1. The van der Waals surface area contributed by atoms with Crippen molar-refractivity contribution in [3.05, 3.63) is 51.0 Å².